The van der Waals surface area contributed by atoms with Gasteiger partial charge in [-0.15, -0.1) is 0 Å². The predicted octanol–water partition coefficient (Wildman–Crippen LogP) is 3.45. The van der Waals surface area contributed by atoms with Gasteiger partial charge in [-0.3, -0.25) is 19.7 Å². The number of hydrogen-bond donors (Lipinski definition) is 2. The summed E-state index contributed by atoms with van der Waals surface area (Å²) in [7, 11) is 0. The molecule has 0 unspecified atom stereocenters. The Morgan fingerprint density at radius 1 is 1.10 bits per heavy atom. The topological polar surface area (TPSA) is 161 Å². The fraction of sp³-hybridized carbons (Fsp3) is 0.200. The molecule has 160 valence electrons. The summed E-state index contributed by atoms with van der Waals surface area (Å²) in [6.07, 6.45) is -0.981. The summed E-state index contributed by atoms with van der Waals surface area (Å²) >= 11 is 5.95. The average Bonchev–Trinajstić information content (AvgIpc) is 2.70. The van der Waals surface area contributed by atoms with E-state index in [1.165, 1.54) is 24.3 Å². The highest BCUT2D eigenvalue weighted by Crippen LogP contribution is 2.31. The van der Waals surface area contributed by atoms with Gasteiger partial charge in [0.25, 0.3) is 5.69 Å². The maximum absolute atomic E-state index is 12.5. The van der Waals surface area contributed by atoms with Crippen LogP contribution in [0.5, 0.6) is 0 Å². The van der Waals surface area contributed by atoms with Gasteiger partial charge in [-0.25, -0.2) is 9.78 Å². The van der Waals surface area contributed by atoms with Crippen LogP contribution in [-0.4, -0.2) is 32.1 Å². The van der Waals surface area contributed by atoms with E-state index in [0.29, 0.717) is 5.02 Å². The molecule has 31 heavy (non-hydrogen) atoms. The molecule has 0 saturated carbocycles. The molecule has 0 atom stereocenters. The summed E-state index contributed by atoms with van der Waals surface area (Å²) < 4.78 is 5.23. The third-order valence-electron chi connectivity index (χ3n) is 4.54. The number of carboxylic acids is 2. The standard InChI is InChI=1S/C20H15ClN2O8/c21-12-2-4-16-14(9-12)22-19(20(28)31-16)11-7-10(1-5-17(24)25)13(3-6-18(26)27)15(8-11)23(29)30/h2,4,7-9H,1,3,5-6H2,(H,24,25)(H,26,27). The van der Waals surface area contributed by atoms with Crippen LogP contribution in [0.15, 0.2) is 39.5 Å². The maximum atomic E-state index is 12.5. The molecule has 2 N–H and O–H groups in total. The third kappa shape index (κ3) is 5.04. The van der Waals surface area contributed by atoms with Gasteiger partial charge >= 0.3 is 17.6 Å². The van der Waals surface area contributed by atoms with Crippen molar-refractivity contribution in [2.45, 2.75) is 25.7 Å². The lowest BCUT2D eigenvalue weighted by Crippen LogP contribution is -2.10. The van der Waals surface area contributed by atoms with E-state index in [4.69, 9.17) is 26.2 Å². The second kappa shape index (κ2) is 8.92. The number of nitro benzene ring substituents is 1. The molecule has 0 fully saturated rings. The monoisotopic (exact) mass is 446 g/mol. The van der Waals surface area contributed by atoms with Crippen LogP contribution in [0.25, 0.3) is 22.4 Å². The SMILES string of the molecule is O=C(O)CCc1cc(-c2nc3cc(Cl)ccc3oc2=O)cc([N+](=O)[O-])c1CCC(=O)O. The Labute approximate surface area is 178 Å². The molecule has 3 rings (SSSR count). The smallest absolute Gasteiger partial charge is 0.363 e. The van der Waals surface area contributed by atoms with E-state index in [9.17, 15) is 24.5 Å². The van der Waals surface area contributed by atoms with Crippen LogP contribution in [0.4, 0.5) is 5.69 Å². The Balaban J connectivity index is 2.22. The minimum atomic E-state index is -1.16. The van der Waals surface area contributed by atoms with Crippen molar-refractivity contribution in [3.63, 3.8) is 0 Å². The second-order valence-corrected chi connectivity index (χ2v) is 7.08. The lowest BCUT2D eigenvalue weighted by molar-refractivity contribution is -0.385. The van der Waals surface area contributed by atoms with Crippen molar-refractivity contribution in [3.8, 4) is 11.3 Å². The van der Waals surface area contributed by atoms with Gasteiger partial charge in [0.15, 0.2) is 11.3 Å². The zero-order chi connectivity index (χ0) is 22.7. The van der Waals surface area contributed by atoms with E-state index in [1.807, 2.05) is 0 Å². The highest BCUT2D eigenvalue weighted by Gasteiger charge is 2.23. The third-order valence-corrected chi connectivity index (χ3v) is 4.77. The molecule has 0 spiro atoms. The molecular weight excluding hydrogens is 432 g/mol. The summed E-state index contributed by atoms with van der Waals surface area (Å²) in [5.74, 6) is -2.29. The molecule has 3 aromatic rings. The fourth-order valence-corrected chi connectivity index (χ4v) is 3.33. The van der Waals surface area contributed by atoms with Gasteiger partial charge in [-0.1, -0.05) is 11.6 Å². The van der Waals surface area contributed by atoms with E-state index in [-0.39, 0.29) is 59.2 Å². The largest absolute Gasteiger partial charge is 0.481 e. The molecule has 10 nitrogen and oxygen atoms in total. The quantitative estimate of drug-likeness (QED) is 0.389. The molecule has 2 aromatic carbocycles. The van der Waals surface area contributed by atoms with Gasteiger partial charge in [0, 0.05) is 35.1 Å². The Hall–Kier alpha value is -3.79. The zero-order valence-corrected chi connectivity index (χ0v) is 16.6. The second-order valence-electron chi connectivity index (χ2n) is 6.64. The normalized spacial score (nSPS) is 10.9. The number of hydrogen-bond acceptors (Lipinski definition) is 7. The number of aromatic nitrogens is 1. The van der Waals surface area contributed by atoms with E-state index < -0.39 is 28.2 Å². The first-order valence-corrected chi connectivity index (χ1v) is 9.38. The molecule has 0 aliphatic heterocycles. The number of halogens is 1. The molecule has 0 saturated heterocycles. The molecule has 1 aromatic heterocycles. The first-order chi connectivity index (χ1) is 14.7. The van der Waals surface area contributed by atoms with Gasteiger partial charge in [0.1, 0.15) is 5.52 Å². The van der Waals surface area contributed by atoms with Crippen LogP contribution in [0, 0.1) is 10.1 Å². The Morgan fingerprint density at radius 2 is 1.77 bits per heavy atom. The number of nitrogens with zero attached hydrogens (tertiary/aromatic N) is 2. The highest BCUT2D eigenvalue weighted by atomic mass is 35.5. The number of carbonyl (C=O) groups is 2. The molecule has 0 bridgehead atoms. The molecule has 0 amide bonds. The lowest BCUT2D eigenvalue weighted by atomic mass is 9.94. The first-order valence-electron chi connectivity index (χ1n) is 9.00. The van der Waals surface area contributed by atoms with Crippen LogP contribution in [-0.2, 0) is 22.4 Å². The Kier molecular flexibility index (Phi) is 6.30. The zero-order valence-electron chi connectivity index (χ0n) is 15.8. The summed E-state index contributed by atoms with van der Waals surface area (Å²) in [5, 5.41) is 30.0. The van der Waals surface area contributed by atoms with E-state index >= 15 is 0 Å². The number of aryl methyl sites for hydroxylation is 1. The fourth-order valence-electron chi connectivity index (χ4n) is 3.16. The van der Waals surface area contributed by atoms with Crippen LogP contribution in [0.2, 0.25) is 5.02 Å². The van der Waals surface area contributed by atoms with Crippen molar-refractivity contribution in [1.29, 1.82) is 0 Å². The van der Waals surface area contributed by atoms with Crippen LogP contribution in [0.1, 0.15) is 24.0 Å². The van der Waals surface area contributed by atoms with Crippen LogP contribution in [0.3, 0.4) is 0 Å². The Morgan fingerprint density at radius 3 is 2.42 bits per heavy atom. The van der Waals surface area contributed by atoms with Crippen LogP contribution < -0.4 is 5.63 Å². The van der Waals surface area contributed by atoms with Gasteiger partial charge in [-0.05, 0) is 42.7 Å². The molecule has 0 radical (unpaired) electrons. The highest BCUT2D eigenvalue weighted by molar-refractivity contribution is 6.31. The molecule has 0 aliphatic carbocycles. The number of carboxylic acid groups (broad SMARTS) is 2. The van der Waals surface area contributed by atoms with Crippen LogP contribution >= 0.6 is 11.6 Å². The van der Waals surface area contributed by atoms with E-state index in [0.717, 1.165) is 6.07 Å². The summed E-state index contributed by atoms with van der Waals surface area (Å²) in [6, 6.07) is 6.95. The molecule has 1 heterocycles. The first kappa shape index (κ1) is 21.9. The number of benzene rings is 2. The number of fused-ring (bicyclic) bond motifs is 1. The minimum Gasteiger partial charge on any atom is -0.481 e. The number of aliphatic carboxylic acids is 2. The van der Waals surface area contributed by atoms with Crippen molar-refractivity contribution in [1.82, 2.24) is 4.98 Å². The van der Waals surface area contributed by atoms with Gasteiger partial charge in [0.05, 0.1) is 4.92 Å². The summed E-state index contributed by atoms with van der Waals surface area (Å²) in [5.41, 5.74) is -0.631. The van der Waals surface area contributed by atoms with Crippen molar-refractivity contribution in [2.75, 3.05) is 0 Å². The Bertz CT molecular complexity index is 1270. The van der Waals surface area contributed by atoms with Gasteiger partial charge < -0.3 is 14.6 Å². The van der Waals surface area contributed by atoms with E-state index in [2.05, 4.69) is 4.98 Å². The van der Waals surface area contributed by atoms with Crippen molar-refractivity contribution in [2.24, 2.45) is 0 Å². The number of nitro groups is 1. The molecule has 0 aliphatic rings. The predicted molar refractivity (Wildman–Crippen MR) is 109 cm³/mol. The van der Waals surface area contributed by atoms with Crippen molar-refractivity contribution >= 4 is 40.3 Å². The lowest BCUT2D eigenvalue weighted by Gasteiger charge is -2.12. The van der Waals surface area contributed by atoms with Crippen molar-refractivity contribution < 1.29 is 29.1 Å². The van der Waals surface area contributed by atoms with Gasteiger partial charge in [0.2, 0.25) is 0 Å². The van der Waals surface area contributed by atoms with Gasteiger partial charge in [-0.2, -0.15) is 0 Å². The summed E-state index contributed by atoms with van der Waals surface area (Å²) in [6.45, 7) is 0. The summed E-state index contributed by atoms with van der Waals surface area (Å²) in [4.78, 5) is 49.7. The molecular formula is C20H15ClN2O8. The average molecular weight is 447 g/mol. The van der Waals surface area contributed by atoms with E-state index in [1.54, 1.807) is 0 Å². The molecule has 11 heteroatoms. The van der Waals surface area contributed by atoms with Crippen molar-refractivity contribution in [3.05, 3.63) is 67.0 Å². The maximum Gasteiger partial charge on any atom is 0.363 e. The minimum absolute atomic E-state index is 0.0572. The number of rotatable bonds is 8.